The number of amidine groups is 1. The predicted molar refractivity (Wildman–Crippen MR) is 76.3 cm³/mol. The van der Waals surface area contributed by atoms with Gasteiger partial charge in [-0.25, -0.2) is 4.79 Å². The number of hydrogen-bond donors (Lipinski definition) is 1. The zero-order chi connectivity index (χ0) is 14.9. The zero-order valence-electron chi connectivity index (χ0n) is 12.1. The monoisotopic (exact) mass is 277 g/mol. The lowest BCUT2D eigenvalue weighted by molar-refractivity contribution is 0.189. The van der Waals surface area contributed by atoms with Crippen molar-refractivity contribution >= 4 is 11.9 Å². The number of urea groups is 1. The van der Waals surface area contributed by atoms with Crippen molar-refractivity contribution in [2.45, 2.75) is 25.9 Å². The highest BCUT2D eigenvalue weighted by molar-refractivity contribution is 6.03. The number of rotatable bonds is 4. The van der Waals surface area contributed by atoms with E-state index in [-0.39, 0.29) is 17.9 Å². The maximum atomic E-state index is 12.0. The van der Waals surface area contributed by atoms with Crippen LogP contribution in [0.1, 0.15) is 25.5 Å². The van der Waals surface area contributed by atoms with Gasteiger partial charge < -0.3 is 20.1 Å². The molecular formula is C14H19N3O3. The summed E-state index contributed by atoms with van der Waals surface area (Å²) in [5, 5.41) is 0. The number of benzene rings is 1. The van der Waals surface area contributed by atoms with Gasteiger partial charge in [0.2, 0.25) is 0 Å². The van der Waals surface area contributed by atoms with Crippen LogP contribution in [0.4, 0.5) is 4.79 Å². The van der Waals surface area contributed by atoms with E-state index in [1.807, 2.05) is 19.9 Å². The molecule has 1 unspecified atom stereocenters. The van der Waals surface area contributed by atoms with E-state index in [4.69, 9.17) is 15.2 Å². The number of ether oxygens (including phenoxy) is 2. The summed E-state index contributed by atoms with van der Waals surface area (Å²) in [7, 11) is 3.16. The number of carbonyl (C=O) groups is 1. The van der Waals surface area contributed by atoms with E-state index in [0.29, 0.717) is 11.5 Å². The smallest absolute Gasteiger partial charge is 0.346 e. The van der Waals surface area contributed by atoms with Crippen molar-refractivity contribution < 1.29 is 14.3 Å². The minimum Gasteiger partial charge on any atom is -0.497 e. The summed E-state index contributed by atoms with van der Waals surface area (Å²) in [6, 6.07) is 4.64. The van der Waals surface area contributed by atoms with Crippen LogP contribution in [-0.2, 0) is 0 Å². The molecular weight excluding hydrogens is 258 g/mol. The van der Waals surface area contributed by atoms with E-state index in [0.717, 1.165) is 5.56 Å². The average molecular weight is 277 g/mol. The van der Waals surface area contributed by atoms with E-state index in [9.17, 15) is 4.79 Å². The van der Waals surface area contributed by atoms with Crippen LogP contribution in [0, 0.1) is 0 Å². The first-order valence-electron chi connectivity index (χ1n) is 6.37. The highest BCUT2D eigenvalue weighted by Crippen LogP contribution is 2.36. The highest BCUT2D eigenvalue weighted by Gasteiger charge is 2.38. The molecule has 0 bridgehead atoms. The molecule has 1 aromatic carbocycles. The molecule has 2 rings (SSSR count). The van der Waals surface area contributed by atoms with Crippen LogP contribution in [-0.4, -0.2) is 37.0 Å². The number of aliphatic imine (C=N–C) groups is 1. The number of amides is 2. The minimum atomic E-state index is -0.424. The highest BCUT2D eigenvalue weighted by atomic mass is 16.5. The van der Waals surface area contributed by atoms with Crippen LogP contribution in [0.2, 0.25) is 0 Å². The molecule has 6 heteroatoms. The van der Waals surface area contributed by atoms with Gasteiger partial charge in [0.1, 0.15) is 23.4 Å². The number of nitrogens with zero attached hydrogens (tertiary/aromatic N) is 2. The number of nitrogens with two attached hydrogens (primary N) is 1. The van der Waals surface area contributed by atoms with Gasteiger partial charge in [-0.15, -0.1) is 0 Å². The van der Waals surface area contributed by atoms with Crippen LogP contribution >= 0.6 is 0 Å². The molecule has 2 N–H and O–H groups in total. The normalized spacial score (nSPS) is 18.4. The van der Waals surface area contributed by atoms with Crippen LogP contribution in [0.3, 0.4) is 0 Å². The minimum absolute atomic E-state index is 0.0202. The molecule has 0 spiro atoms. The van der Waals surface area contributed by atoms with E-state index < -0.39 is 6.04 Å². The van der Waals surface area contributed by atoms with Crippen LogP contribution < -0.4 is 15.2 Å². The number of hydrogen-bond acceptors (Lipinski definition) is 4. The Labute approximate surface area is 118 Å². The van der Waals surface area contributed by atoms with Crippen LogP contribution in [0.15, 0.2) is 23.2 Å². The zero-order valence-corrected chi connectivity index (χ0v) is 12.1. The molecule has 6 nitrogen and oxygen atoms in total. The van der Waals surface area contributed by atoms with Gasteiger partial charge in [0.25, 0.3) is 0 Å². The molecule has 0 saturated carbocycles. The van der Waals surface area contributed by atoms with Gasteiger partial charge in [0.15, 0.2) is 0 Å². The van der Waals surface area contributed by atoms with Gasteiger partial charge in [-0.2, -0.15) is 4.99 Å². The topological polar surface area (TPSA) is 77.1 Å². The summed E-state index contributed by atoms with van der Waals surface area (Å²) in [4.78, 5) is 17.4. The van der Waals surface area contributed by atoms with Crippen LogP contribution in [0.25, 0.3) is 0 Å². The van der Waals surface area contributed by atoms with E-state index in [2.05, 4.69) is 4.99 Å². The summed E-state index contributed by atoms with van der Waals surface area (Å²) in [6.07, 6.45) is 0. The third-order valence-electron chi connectivity index (χ3n) is 3.29. The lowest BCUT2D eigenvalue weighted by atomic mass is 10.0. The molecule has 0 saturated heterocycles. The Morgan fingerprint density at radius 1 is 1.30 bits per heavy atom. The SMILES string of the molecule is COc1ccc(OC)c(C2C(N)=NC(=O)N2C(C)C)c1. The van der Waals surface area contributed by atoms with Crippen molar-refractivity contribution in [3.63, 3.8) is 0 Å². The summed E-state index contributed by atoms with van der Waals surface area (Å²) in [5.41, 5.74) is 6.71. The number of carbonyl (C=O) groups excluding carboxylic acids is 1. The Bertz CT molecular complexity index is 555. The van der Waals surface area contributed by atoms with Crippen molar-refractivity contribution in [2.24, 2.45) is 10.7 Å². The molecule has 20 heavy (non-hydrogen) atoms. The summed E-state index contributed by atoms with van der Waals surface area (Å²) < 4.78 is 10.6. The molecule has 1 aliphatic rings. The van der Waals surface area contributed by atoms with E-state index in [1.165, 1.54) is 0 Å². The molecule has 1 atom stereocenters. The Kier molecular flexibility index (Phi) is 3.83. The maximum absolute atomic E-state index is 12.0. The molecule has 1 aromatic rings. The summed E-state index contributed by atoms with van der Waals surface area (Å²) >= 11 is 0. The molecule has 1 heterocycles. The lowest BCUT2D eigenvalue weighted by Gasteiger charge is -2.29. The van der Waals surface area contributed by atoms with Crippen molar-refractivity contribution in [3.8, 4) is 11.5 Å². The fourth-order valence-corrected chi connectivity index (χ4v) is 2.36. The summed E-state index contributed by atoms with van der Waals surface area (Å²) in [6.45, 7) is 3.84. The molecule has 0 fully saturated rings. The third kappa shape index (κ3) is 2.29. The van der Waals surface area contributed by atoms with Gasteiger partial charge in [0, 0.05) is 11.6 Å². The third-order valence-corrected chi connectivity index (χ3v) is 3.29. The van der Waals surface area contributed by atoms with Crippen molar-refractivity contribution in [1.82, 2.24) is 4.90 Å². The molecule has 0 aliphatic carbocycles. The van der Waals surface area contributed by atoms with Crippen molar-refractivity contribution in [1.29, 1.82) is 0 Å². The lowest BCUT2D eigenvalue weighted by Crippen LogP contribution is -2.38. The van der Waals surface area contributed by atoms with Gasteiger partial charge in [-0.05, 0) is 32.0 Å². The predicted octanol–water partition coefficient (Wildman–Crippen LogP) is 1.95. The first-order chi connectivity index (χ1) is 9.49. The molecule has 0 radical (unpaired) electrons. The first-order valence-corrected chi connectivity index (χ1v) is 6.37. The Morgan fingerprint density at radius 3 is 2.55 bits per heavy atom. The standard InChI is InChI=1S/C14H19N3O3/c1-8(2)17-12(13(15)16-14(17)18)10-7-9(19-3)5-6-11(10)20-4/h5-8,12H,1-4H3,(H2,15,16,18). The Balaban J connectivity index is 2.53. The van der Waals surface area contributed by atoms with Crippen LogP contribution in [0.5, 0.6) is 11.5 Å². The molecule has 1 aliphatic heterocycles. The molecule has 108 valence electrons. The Hall–Kier alpha value is -2.24. The molecule has 2 amide bonds. The van der Waals surface area contributed by atoms with Crippen molar-refractivity contribution in [3.05, 3.63) is 23.8 Å². The Morgan fingerprint density at radius 2 is 2.00 bits per heavy atom. The quantitative estimate of drug-likeness (QED) is 0.912. The largest absolute Gasteiger partial charge is 0.497 e. The van der Waals surface area contributed by atoms with Gasteiger partial charge in [-0.3, -0.25) is 0 Å². The second-order valence-electron chi connectivity index (χ2n) is 4.83. The van der Waals surface area contributed by atoms with E-state index in [1.54, 1.807) is 31.3 Å². The van der Waals surface area contributed by atoms with E-state index >= 15 is 0 Å². The first kappa shape index (κ1) is 14.2. The maximum Gasteiger partial charge on any atom is 0.346 e. The molecule has 0 aromatic heterocycles. The van der Waals surface area contributed by atoms with Crippen molar-refractivity contribution in [2.75, 3.05) is 14.2 Å². The average Bonchev–Trinajstić information content (AvgIpc) is 2.72. The second kappa shape index (κ2) is 5.40. The second-order valence-corrected chi connectivity index (χ2v) is 4.83. The number of methoxy groups -OCH3 is 2. The van der Waals surface area contributed by atoms with Gasteiger partial charge in [-0.1, -0.05) is 0 Å². The summed E-state index contributed by atoms with van der Waals surface area (Å²) in [5.74, 6) is 1.60. The fourth-order valence-electron chi connectivity index (χ4n) is 2.36. The van der Waals surface area contributed by atoms with Gasteiger partial charge in [0.05, 0.1) is 14.2 Å². The fraction of sp³-hybridized carbons (Fsp3) is 0.429. The van der Waals surface area contributed by atoms with Gasteiger partial charge >= 0.3 is 6.03 Å².